The van der Waals surface area contributed by atoms with Crippen LogP contribution in [0.5, 0.6) is 0 Å². The second-order valence-corrected chi connectivity index (χ2v) is 11.1. The van der Waals surface area contributed by atoms with E-state index in [2.05, 4.69) is 111 Å². The van der Waals surface area contributed by atoms with Gasteiger partial charge in [0.15, 0.2) is 0 Å². The highest BCUT2D eigenvalue weighted by Crippen LogP contribution is 2.04. The van der Waals surface area contributed by atoms with E-state index in [4.69, 9.17) is 9.47 Å². The molecule has 0 saturated heterocycles. The number of allylic oxidation sites excluding steroid dienone is 16. The van der Waals surface area contributed by atoms with Crippen LogP contribution >= 0.6 is 0 Å². The first-order valence-corrected chi connectivity index (χ1v) is 17.8. The van der Waals surface area contributed by atoms with Crippen LogP contribution in [0.15, 0.2) is 97.2 Å². The molecule has 3 nitrogen and oxygen atoms in total. The van der Waals surface area contributed by atoms with Crippen molar-refractivity contribution in [1.82, 2.24) is 0 Å². The maximum atomic E-state index is 11.7. The number of carbonyl (C=O) groups excluding carboxylic acids is 1. The van der Waals surface area contributed by atoms with Gasteiger partial charge >= 0.3 is 6.16 Å². The quantitative estimate of drug-likeness (QED) is 0.0463. The highest BCUT2D eigenvalue weighted by Gasteiger charge is 2.02. The zero-order chi connectivity index (χ0) is 31.9. The van der Waals surface area contributed by atoms with Crippen LogP contribution in [0, 0.1) is 0 Å². The van der Waals surface area contributed by atoms with E-state index in [0.29, 0.717) is 13.2 Å². The fraction of sp³-hybridized carbons (Fsp3) is 0.585. The van der Waals surface area contributed by atoms with Crippen LogP contribution in [0.4, 0.5) is 4.79 Å². The van der Waals surface area contributed by atoms with Gasteiger partial charge in [-0.3, -0.25) is 0 Å². The van der Waals surface area contributed by atoms with Crippen molar-refractivity contribution < 1.29 is 14.3 Å². The van der Waals surface area contributed by atoms with Gasteiger partial charge in [0.2, 0.25) is 0 Å². The van der Waals surface area contributed by atoms with E-state index in [1.807, 2.05) is 0 Å². The van der Waals surface area contributed by atoms with Crippen LogP contribution < -0.4 is 0 Å². The molecule has 0 fully saturated rings. The molecular formula is C41H66O3. The number of hydrogen-bond donors (Lipinski definition) is 0. The molecule has 0 aromatic carbocycles. The van der Waals surface area contributed by atoms with Gasteiger partial charge in [0, 0.05) is 0 Å². The molecule has 3 heteroatoms. The minimum Gasteiger partial charge on any atom is -0.434 e. The second kappa shape index (κ2) is 38.2. The van der Waals surface area contributed by atoms with Crippen LogP contribution in [0.1, 0.15) is 142 Å². The SMILES string of the molecule is CCCCC/C=C\C/C=C\C/C=C\C/C=C\CCCCOC(=O)OCCCC/C=C\C/C=C\C/C=C\C/C=C\CCCCC. The molecule has 0 amide bonds. The van der Waals surface area contributed by atoms with Crippen molar-refractivity contribution in [3.8, 4) is 0 Å². The molecule has 0 unspecified atom stereocenters. The van der Waals surface area contributed by atoms with E-state index in [0.717, 1.165) is 77.0 Å². The molecule has 0 N–H and O–H groups in total. The van der Waals surface area contributed by atoms with E-state index in [1.54, 1.807) is 0 Å². The van der Waals surface area contributed by atoms with Crippen molar-refractivity contribution in [3.05, 3.63) is 97.2 Å². The molecule has 0 rings (SSSR count). The molecule has 0 saturated carbocycles. The molecule has 0 atom stereocenters. The lowest BCUT2D eigenvalue weighted by molar-refractivity contribution is 0.0532. The second-order valence-electron chi connectivity index (χ2n) is 11.1. The molecule has 0 aliphatic rings. The van der Waals surface area contributed by atoms with Crippen molar-refractivity contribution in [2.45, 2.75) is 142 Å². The van der Waals surface area contributed by atoms with Crippen molar-refractivity contribution in [2.75, 3.05) is 13.2 Å². The Balaban J connectivity index is 3.47. The molecule has 0 aliphatic heterocycles. The molecule has 0 heterocycles. The van der Waals surface area contributed by atoms with Crippen LogP contribution in [-0.4, -0.2) is 19.4 Å². The van der Waals surface area contributed by atoms with E-state index in [-0.39, 0.29) is 0 Å². The summed E-state index contributed by atoms with van der Waals surface area (Å²) in [5.74, 6) is 0. The first kappa shape index (κ1) is 41.2. The lowest BCUT2D eigenvalue weighted by atomic mass is 10.2. The van der Waals surface area contributed by atoms with Gasteiger partial charge in [-0.1, -0.05) is 137 Å². The number of carbonyl (C=O) groups is 1. The largest absolute Gasteiger partial charge is 0.508 e. The summed E-state index contributed by atoms with van der Waals surface area (Å²) < 4.78 is 10.3. The Morgan fingerprint density at radius 3 is 0.886 bits per heavy atom. The highest BCUT2D eigenvalue weighted by atomic mass is 16.7. The Bertz CT molecular complexity index is 770. The Morgan fingerprint density at radius 1 is 0.364 bits per heavy atom. The number of ether oxygens (including phenoxy) is 2. The Hall–Kier alpha value is -2.81. The number of hydrogen-bond acceptors (Lipinski definition) is 3. The standard InChI is InChI=1S/C41H66O3/c1-3-5-7-9-11-13-15-17-19-21-23-25-27-29-31-33-35-37-39-43-41(42)44-40-38-36-34-32-30-28-26-24-22-20-18-16-14-12-10-8-6-4-2/h11-14,17-20,23-26,29-32H,3-10,15-16,21-22,27-28,33-40H2,1-2H3/b13-11-,14-12-,19-17-,20-18-,25-23-,26-24-,31-29-,32-30-. The smallest absolute Gasteiger partial charge is 0.434 e. The predicted molar refractivity (Wildman–Crippen MR) is 194 cm³/mol. The third-order valence-electron chi connectivity index (χ3n) is 6.89. The fourth-order valence-electron chi connectivity index (χ4n) is 4.20. The van der Waals surface area contributed by atoms with Crippen molar-refractivity contribution in [3.63, 3.8) is 0 Å². The van der Waals surface area contributed by atoms with Gasteiger partial charge in [-0.2, -0.15) is 0 Å². The maximum Gasteiger partial charge on any atom is 0.508 e. The summed E-state index contributed by atoms with van der Waals surface area (Å²) in [6.45, 7) is 5.34. The minimum atomic E-state index is -0.541. The minimum absolute atomic E-state index is 0.426. The third kappa shape index (κ3) is 37.2. The van der Waals surface area contributed by atoms with Gasteiger partial charge < -0.3 is 9.47 Å². The summed E-state index contributed by atoms with van der Waals surface area (Å²) in [6.07, 6.45) is 57.3. The average Bonchev–Trinajstić information content (AvgIpc) is 3.03. The highest BCUT2D eigenvalue weighted by molar-refractivity contribution is 5.59. The lowest BCUT2D eigenvalue weighted by Gasteiger charge is -2.05. The first-order valence-electron chi connectivity index (χ1n) is 17.8. The molecule has 0 aliphatic carbocycles. The summed E-state index contributed by atoms with van der Waals surface area (Å²) in [5.41, 5.74) is 0. The van der Waals surface area contributed by atoms with Gasteiger partial charge in [0.1, 0.15) is 0 Å². The topological polar surface area (TPSA) is 35.5 Å². The van der Waals surface area contributed by atoms with E-state index >= 15 is 0 Å². The predicted octanol–water partition coefficient (Wildman–Crippen LogP) is 13.4. The number of unbranched alkanes of at least 4 members (excludes halogenated alkanes) is 10. The van der Waals surface area contributed by atoms with Crippen molar-refractivity contribution in [2.24, 2.45) is 0 Å². The molecule has 0 spiro atoms. The van der Waals surface area contributed by atoms with E-state index in [9.17, 15) is 4.79 Å². The van der Waals surface area contributed by atoms with Gasteiger partial charge in [-0.05, 0) is 103 Å². The normalized spacial score (nSPS) is 12.8. The Kier molecular flexibility index (Phi) is 35.8. The molecule has 44 heavy (non-hydrogen) atoms. The third-order valence-corrected chi connectivity index (χ3v) is 6.89. The van der Waals surface area contributed by atoms with Gasteiger partial charge in [0.05, 0.1) is 13.2 Å². The van der Waals surface area contributed by atoms with Crippen LogP contribution in [0.2, 0.25) is 0 Å². The number of rotatable bonds is 30. The first-order chi connectivity index (χ1) is 21.8. The van der Waals surface area contributed by atoms with Gasteiger partial charge in [-0.15, -0.1) is 0 Å². The van der Waals surface area contributed by atoms with Crippen molar-refractivity contribution >= 4 is 6.16 Å². The van der Waals surface area contributed by atoms with Gasteiger partial charge in [0.25, 0.3) is 0 Å². The zero-order valence-electron chi connectivity index (χ0n) is 28.5. The monoisotopic (exact) mass is 607 g/mol. The molecule has 0 aromatic rings. The summed E-state index contributed by atoms with van der Waals surface area (Å²) >= 11 is 0. The van der Waals surface area contributed by atoms with E-state index in [1.165, 1.54) is 51.4 Å². The Morgan fingerprint density at radius 2 is 0.614 bits per heavy atom. The molecule has 0 radical (unpaired) electrons. The summed E-state index contributed by atoms with van der Waals surface area (Å²) in [5, 5.41) is 0. The summed E-state index contributed by atoms with van der Waals surface area (Å²) in [4.78, 5) is 11.7. The molecule has 0 bridgehead atoms. The van der Waals surface area contributed by atoms with Crippen LogP contribution in [-0.2, 0) is 9.47 Å². The molecule has 248 valence electrons. The van der Waals surface area contributed by atoms with E-state index < -0.39 is 6.16 Å². The Labute approximate surface area is 272 Å². The summed E-state index contributed by atoms with van der Waals surface area (Å²) in [7, 11) is 0. The lowest BCUT2D eigenvalue weighted by Crippen LogP contribution is -2.09. The molecular weight excluding hydrogens is 540 g/mol. The van der Waals surface area contributed by atoms with Crippen molar-refractivity contribution in [1.29, 1.82) is 0 Å². The van der Waals surface area contributed by atoms with Gasteiger partial charge in [-0.25, -0.2) is 4.79 Å². The maximum absolute atomic E-state index is 11.7. The average molecular weight is 607 g/mol. The zero-order valence-corrected chi connectivity index (χ0v) is 28.5. The van der Waals surface area contributed by atoms with Crippen LogP contribution in [0.25, 0.3) is 0 Å². The fourth-order valence-corrected chi connectivity index (χ4v) is 4.20. The van der Waals surface area contributed by atoms with Crippen LogP contribution in [0.3, 0.4) is 0 Å². The molecule has 0 aromatic heterocycles. The summed E-state index contributed by atoms with van der Waals surface area (Å²) in [6, 6.07) is 0.